The zero-order chi connectivity index (χ0) is 22.2. The van der Waals surface area contributed by atoms with Crippen molar-refractivity contribution >= 4 is 7.44 Å². The van der Waals surface area contributed by atoms with Crippen LogP contribution in [0.3, 0.4) is 0 Å². The molecule has 0 aliphatic heterocycles. The molecule has 0 bridgehead atoms. The number of hydrogen-bond donors (Lipinski definition) is 0. The highest BCUT2D eigenvalue weighted by molar-refractivity contribution is 7.59. The molecule has 1 aliphatic rings. The normalized spacial score (nSPS) is 16.4. The minimum Gasteiger partial charge on any atom is -0.288 e. The highest BCUT2D eigenvalue weighted by Gasteiger charge is 2.49. The Morgan fingerprint density at radius 2 is 1.29 bits per heavy atom. The number of hydrogen-bond acceptors (Lipinski definition) is 1. The molecule has 3 nitrogen and oxygen atoms in total. The summed E-state index contributed by atoms with van der Waals surface area (Å²) in [5, 5.41) is 0. The topological polar surface area (TPSA) is 23.6 Å². The Kier molecular flexibility index (Phi) is 6.21. The lowest BCUT2D eigenvalue weighted by Crippen LogP contribution is -2.37. The van der Waals surface area contributed by atoms with E-state index in [9.17, 15) is 0 Å². The first-order valence-electron chi connectivity index (χ1n) is 11.2. The van der Waals surface area contributed by atoms with Gasteiger partial charge in [-0.3, -0.25) is 4.57 Å². The Hall–Kier alpha value is -2.19. The van der Waals surface area contributed by atoms with Crippen molar-refractivity contribution in [3.8, 4) is 11.1 Å². The quantitative estimate of drug-likeness (QED) is 0.364. The molecular formula is C27H33N2OP. The van der Waals surface area contributed by atoms with Gasteiger partial charge in [-0.1, -0.05) is 85.8 Å². The molecule has 0 amide bonds. The fraction of sp³-hybridized carbons (Fsp3) is 0.333. The van der Waals surface area contributed by atoms with Crippen LogP contribution in [0.25, 0.3) is 11.1 Å². The minimum absolute atomic E-state index is 0.0276. The average Bonchev–Trinajstić information content (AvgIpc) is 3.13. The van der Waals surface area contributed by atoms with Crippen molar-refractivity contribution in [2.45, 2.75) is 45.4 Å². The summed E-state index contributed by atoms with van der Waals surface area (Å²) in [7, 11) is -0.995. The van der Waals surface area contributed by atoms with Gasteiger partial charge in [0.1, 0.15) is 0 Å². The summed E-state index contributed by atoms with van der Waals surface area (Å²) in [4.78, 5) is 0. The maximum Gasteiger partial charge on any atom is 0.228 e. The van der Waals surface area contributed by atoms with E-state index in [-0.39, 0.29) is 17.7 Å². The molecule has 0 saturated heterocycles. The Balaban J connectivity index is 1.93. The first kappa shape index (κ1) is 22.0. The zero-order valence-corrected chi connectivity index (χ0v) is 20.1. The largest absolute Gasteiger partial charge is 0.288 e. The van der Waals surface area contributed by atoms with Gasteiger partial charge in [0.15, 0.2) is 0 Å². The van der Waals surface area contributed by atoms with E-state index in [2.05, 4.69) is 110 Å². The van der Waals surface area contributed by atoms with E-state index >= 15 is 4.57 Å². The third kappa shape index (κ3) is 3.59. The fourth-order valence-electron chi connectivity index (χ4n) is 5.10. The van der Waals surface area contributed by atoms with Gasteiger partial charge in [0.2, 0.25) is 7.44 Å². The van der Waals surface area contributed by atoms with E-state index in [4.69, 9.17) is 0 Å². The van der Waals surface area contributed by atoms with Crippen LogP contribution >= 0.6 is 7.44 Å². The number of fused-ring (bicyclic) bond motifs is 3. The van der Waals surface area contributed by atoms with E-state index in [0.29, 0.717) is 0 Å². The predicted octanol–water partition coefficient (Wildman–Crippen LogP) is 7.37. The van der Waals surface area contributed by atoms with Crippen molar-refractivity contribution in [2.24, 2.45) is 0 Å². The first-order chi connectivity index (χ1) is 14.9. The van der Waals surface area contributed by atoms with Crippen molar-refractivity contribution in [2.75, 3.05) is 13.6 Å². The van der Waals surface area contributed by atoms with E-state index < -0.39 is 7.44 Å². The van der Waals surface area contributed by atoms with Crippen LogP contribution in [-0.2, 0) is 4.57 Å². The van der Waals surface area contributed by atoms with Crippen molar-refractivity contribution in [1.29, 1.82) is 0 Å². The van der Waals surface area contributed by atoms with Crippen LogP contribution in [0.4, 0.5) is 0 Å². The highest BCUT2D eigenvalue weighted by atomic mass is 31.2. The summed E-state index contributed by atoms with van der Waals surface area (Å²) in [6.45, 7) is 9.35. The van der Waals surface area contributed by atoms with Crippen molar-refractivity contribution in [3.63, 3.8) is 0 Å². The second-order valence-electron chi connectivity index (χ2n) is 8.68. The van der Waals surface area contributed by atoms with Crippen LogP contribution in [-0.4, -0.2) is 29.0 Å². The minimum atomic E-state index is -3.04. The molecule has 31 heavy (non-hydrogen) atoms. The van der Waals surface area contributed by atoms with Gasteiger partial charge in [-0.25, -0.2) is 9.34 Å². The number of rotatable bonds is 7. The summed E-state index contributed by atoms with van der Waals surface area (Å²) in [5.74, 6) is 0. The van der Waals surface area contributed by atoms with Crippen molar-refractivity contribution in [3.05, 3.63) is 95.6 Å². The molecule has 0 fully saturated rings. The molecule has 0 saturated carbocycles. The standard InChI is InChI=1S/C27H33N2OP/c1-6-29(20(2)3)31(30,28(5)21(4)22-14-8-7-9-15-22)27-25-18-12-10-16-23(25)24-17-11-13-19-26(24)27/h7-21,27H,6H2,1-5H3. The van der Waals surface area contributed by atoms with E-state index in [1.54, 1.807) is 0 Å². The number of benzene rings is 3. The molecule has 162 valence electrons. The highest BCUT2D eigenvalue weighted by Crippen LogP contribution is 2.72. The molecule has 3 aromatic rings. The lowest BCUT2D eigenvalue weighted by atomic mass is 10.1. The molecule has 2 atom stereocenters. The molecule has 0 aromatic heterocycles. The molecule has 0 heterocycles. The van der Waals surface area contributed by atoms with Crippen molar-refractivity contribution in [1.82, 2.24) is 9.34 Å². The van der Waals surface area contributed by atoms with Crippen LogP contribution in [0, 0.1) is 0 Å². The molecule has 2 unspecified atom stereocenters. The smallest absolute Gasteiger partial charge is 0.228 e. The second-order valence-corrected chi connectivity index (χ2v) is 11.5. The maximum atomic E-state index is 15.5. The first-order valence-corrected chi connectivity index (χ1v) is 12.9. The summed E-state index contributed by atoms with van der Waals surface area (Å²) in [6.07, 6.45) is 0. The van der Waals surface area contributed by atoms with Crippen LogP contribution in [0.2, 0.25) is 0 Å². The molecular weight excluding hydrogens is 399 g/mol. The zero-order valence-electron chi connectivity index (χ0n) is 19.2. The fourth-order valence-corrected chi connectivity index (χ4v) is 8.99. The molecule has 0 spiro atoms. The Morgan fingerprint density at radius 1 is 0.806 bits per heavy atom. The van der Waals surface area contributed by atoms with Crippen LogP contribution in [0.1, 0.15) is 56.1 Å². The molecule has 0 N–H and O–H groups in total. The van der Waals surface area contributed by atoms with E-state index in [0.717, 1.165) is 6.54 Å². The average molecular weight is 433 g/mol. The Labute approximate surface area is 187 Å². The lowest BCUT2D eigenvalue weighted by Gasteiger charge is -2.45. The van der Waals surface area contributed by atoms with Gasteiger partial charge >= 0.3 is 0 Å². The van der Waals surface area contributed by atoms with Gasteiger partial charge in [0.05, 0.1) is 5.66 Å². The monoisotopic (exact) mass is 432 g/mol. The van der Waals surface area contributed by atoms with E-state index in [1.165, 1.54) is 27.8 Å². The van der Waals surface area contributed by atoms with E-state index in [1.807, 2.05) is 13.1 Å². The van der Waals surface area contributed by atoms with Gasteiger partial charge in [-0.2, -0.15) is 0 Å². The second kappa shape index (κ2) is 8.74. The molecule has 4 rings (SSSR count). The summed E-state index contributed by atoms with van der Waals surface area (Å²) in [5.41, 5.74) is 5.80. The summed E-state index contributed by atoms with van der Waals surface area (Å²) in [6, 6.07) is 27.6. The molecule has 3 aromatic carbocycles. The predicted molar refractivity (Wildman–Crippen MR) is 131 cm³/mol. The van der Waals surface area contributed by atoms with Gasteiger partial charge in [0.25, 0.3) is 0 Å². The van der Waals surface area contributed by atoms with Crippen molar-refractivity contribution < 1.29 is 4.57 Å². The third-order valence-corrected chi connectivity index (χ3v) is 10.7. The Bertz CT molecular complexity index is 1050. The SMILES string of the molecule is CCN(C(C)C)P(=O)(C1c2ccccc2-c2ccccc21)N(C)C(C)c1ccccc1. The third-order valence-electron chi connectivity index (χ3n) is 6.72. The van der Waals surface area contributed by atoms with Gasteiger partial charge < -0.3 is 0 Å². The van der Waals surface area contributed by atoms with Crippen LogP contribution in [0.5, 0.6) is 0 Å². The van der Waals surface area contributed by atoms with Gasteiger partial charge in [-0.15, -0.1) is 0 Å². The van der Waals surface area contributed by atoms with Crippen LogP contribution < -0.4 is 0 Å². The van der Waals surface area contributed by atoms with Gasteiger partial charge in [-0.05, 0) is 55.6 Å². The Morgan fingerprint density at radius 3 is 1.77 bits per heavy atom. The molecule has 4 heteroatoms. The molecule has 1 aliphatic carbocycles. The number of nitrogens with zero attached hydrogens (tertiary/aromatic N) is 2. The lowest BCUT2D eigenvalue weighted by molar-refractivity contribution is 0.295. The summed E-state index contributed by atoms with van der Waals surface area (Å²) >= 11 is 0. The van der Waals surface area contributed by atoms with Gasteiger partial charge in [0, 0.05) is 18.6 Å². The maximum absolute atomic E-state index is 15.5. The summed E-state index contributed by atoms with van der Waals surface area (Å²) < 4.78 is 19.9. The molecule has 0 radical (unpaired) electrons. The van der Waals surface area contributed by atoms with Crippen LogP contribution in [0.15, 0.2) is 78.9 Å².